The first-order valence-electron chi connectivity index (χ1n) is 17.8. The van der Waals surface area contributed by atoms with Crippen LogP contribution in [0.2, 0.25) is 0 Å². The molecule has 45 heavy (non-hydrogen) atoms. The standard InChI is InChI=1S/C38H64O7/c1-7-8-9-10-11-12-13-14-15-16-17-18-19-22-35(40)44-27-31(21-20-24-37(4,5)41)32-23-25-38(6,42)36-34(45-36)26-29(2)33(32)28-43-30(3)39/h20-21,24,32-34,36,41-42H,2,7-19,22-23,25-28H2,1,3-6H3/b24-20+,31-21-/t32?,33-,34+,36+,38-/m0/s1. The number of esters is 2. The number of hydrogen-bond acceptors (Lipinski definition) is 7. The van der Waals surface area contributed by atoms with Crippen molar-refractivity contribution in [1.82, 2.24) is 0 Å². The van der Waals surface area contributed by atoms with Crippen LogP contribution in [0.3, 0.4) is 0 Å². The number of fused-ring (bicyclic) bond motifs is 1. The molecule has 0 aromatic heterocycles. The summed E-state index contributed by atoms with van der Waals surface area (Å²) in [5.74, 6) is -1.01. The number of rotatable bonds is 21. The Hall–Kier alpha value is -1.96. The topological polar surface area (TPSA) is 106 Å². The molecular formula is C38H64O7. The van der Waals surface area contributed by atoms with Crippen LogP contribution in [0.15, 0.2) is 36.0 Å². The summed E-state index contributed by atoms with van der Waals surface area (Å²) in [5.41, 5.74) is -0.270. The van der Waals surface area contributed by atoms with E-state index >= 15 is 0 Å². The van der Waals surface area contributed by atoms with Crippen LogP contribution in [0.25, 0.3) is 0 Å². The number of ether oxygens (including phenoxy) is 3. The van der Waals surface area contributed by atoms with Crippen molar-refractivity contribution in [2.24, 2.45) is 11.8 Å². The first kappa shape index (κ1) is 39.2. The SMILES string of the molecule is C=C1C[C@H]2O[C@H]2[C@@](C)(O)CCC(/C(=C\C=C\C(C)(C)O)COC(=O)CCCCCCCCCCCCCCC)[C@H]1COC(C)=O. The van der Waals surface area contributed by atoms with E-state index in [-0.39, 0.29) is 49.2 Å². The fourth-order valence-electron chi connectivity index (χ4n) is 6.42. The van der Waals surface area contributed by atoms with Gasteiger partial charge in [-0.15, -0.1) is 0 Å². The molecule has 0 spiro atoms. The highest BCUT2D eigenvalue weighted by Crippen LogP contribution is 2.45. The Morgan fingerprint density at radius 3 is 2.13 bits per heavy atom. The summed E-state index contributed by atoms with van der Waals surface area (Å²) in [5, 5.41) is 21.4. The van der Waals surface area contributed by atoms with Crippen molar-refractivity contribution in [3.8, 4) is 0 Å². The normalized spacial score (nSPS) is 25.8. The van der Waals surface area contributed by atoms with Crippen molar-refractivity contribution in [1.29, 1.82) is 0 Å². The minimum Gasteiger partial charge on any atom is -0.465 e. The molecule has 1 heterocycles. The van der Waals surface area contributed by atoms with Crippen LogP contribution in [0.4, 0.5) is 0 Å². The third-order valence-corrected chi connectivity index (χ3v) is 9.27. The zero-order valence-corrected chi connectivity index (χ0v) is 29.1. The maximum atomic E-state index is 12.8. The fourth-order valence-corrected chi connectivity index (χ4v) is 6.42. The van der Waals surface area contributed by atoms with Gasteiger partial charge in [0.25, 0.3) is 0 Å². The lowest BCUT2D eigenvalue weighted by atomic mass is 9.77. The Morgan fingerprint density at radius 2 is 1.58 bits per heavy atom. The number of epoxide rings is 1. The molecule has 1 unspecified atom stereocenters. The molecule has 2 aliphatic rings. The summed E-state index contributed by atoms with van der Waals surface area (Å²) in [6.45, 7) is 13.4. The van der Waals surface area contributed by atoms with Gasteiger partial charge in [0, 0.05) is 19.3 Å². The van der Waals surface area contributed by atoms with Crippen molar-refractivity contribution >= 4 is 11.9 Å². The zero-order valence-electron chi connectivity index (χ0n) is 29.1. The second kappa shape index (κ2) is 20.3. The summed E-state index contributed by atoms with van der Waals surface area (Å²) < 4.78 is 17.1. The number of aliphatic hydroxyl groups is 2. The summed E-state index contributed by atoms with van der Waals surface area (Å²) >= 11 is 0. The van der Waals surface area contributed by atoms with E-state index in [1.807, 2.05) is 6.08 Å². The Balaban J connectivity index is 1.93. The first-order chi connectivity index (χ1) is 21.3. The summed E-state index contributed by atoms with van der Waals surface area (Å²) in [7, 11) is 0. The molecule has 1 aliphatic carbocycles. The molecule has 258 valence electrons. The minimum atomic E-state index is -1.01. The molecule has 0 aromatic carbocycles. The molecule has 1 aliphatic heterocycles. The van der Waals surface area contributed by atoms with Gasteiger partial charge in [0.2, 0.25) is 0 Å². The molecule has 7 heteroatoms. The second-order valence-electron chi connectivity index (χ2n) is 14.3. The van der Waals surface area contributed by atoms with E-state index in [0.717, 1.165) is 30.4 Å². The highest BCUT2D eigenvalue weighted by molar-refractivity contribution is 5.69. The van der Waals surface area contributed by atoms with E-state index in [2.05, 4.69) is 13.5 Å². The van der Waals surface area contributed by atoms with Crippen LogP contribution in [0.5, 0.6) is 0 Å². The van der Waals surface area contributed by atoms with E-state index in [1.54, 1.807) is 32.9 Å². The molecule has 0 aromatic rings. The average Bonchev–Trinajstić information content (AvgIpc) is 3.73. The number of carbonyl (C=O) groups is 2. The smallest absolute Gasteiger partial charge is 0.306 e. The van der Waals surface area contributed by atoms with E-state index in [9.17, 15) is 19.8 Å². The summed E-state index contributed by atoms with van der Waals surface area (Å²) in [4.78, 5) is 24.6. The molecule has 2 fully saturated rings. The molecule has 1 saturated heterocycles. The zero-order chi connectivity index (χ0) is 33.3. The third kappa shape index (κ3) is 16.4. The third-order valence-electron chi connectivity index (χ3n) is 9.27. The van der Waals surface area contributed by atoms with Crippen molar-refractivity contribution in [2.75, 3.05) is 13.2 Å². The lowest BCUT2D eigenvalue weighted by Crippen LogP contribution is -2.34. The fraction of sp³-hybridized carbons (Fsp3) is 0.789. The largest absolute Gasteiger partial charge is 0.465 e. The van der Waals surface area contributed by atoms with Crippen molar-refractivity contribution < 1.29 is 34.0 Å². The molecule has 0 radical (unpaired) electrons. The van der Waals surface area contributed by atoms with E-state index in [0.29, 0.717) is 25.7 Å². The van der Waals surface area contributed by atoms with Gasteiger partial charge in [0.05, 0.1) is 23.9 Å². The highest BCUT2D eigenvalue weighted by Gasteiger charge is 2.53. The monoisotopic (exact) mass is 632 g/mol. The lowest BCUT2D eigenvalue weighted by molar-refractivity contribution is -0.143. The average molecular weight is 633 g/mol. The molecule has 1 saturated carbocycles. The van der Waals surface area contributed by atoms with Gasteiger partial charge in [-0.3, -0.25) is 9.59 Å². The molecule has 0 amide bonds. The van der Waals surface area contributed by atoms with E-state index < -0.39 is 11.2 Å². The Morgan fingerprint density at radius 1 is 1.00 bits per heavy atom. The lowest BCUT2D eigenvalue weighted by Gasteiger charge is -2.32. The summed E-state index contributed by atoms with van der Waals surface area (Å²) in [6.07, 6.45) is 23.3. The maximum absolute atomic E-state index is 12.8. The van der Waals surface area contributed by atoms with Gasteiger partial charge in [0.15, 0.2) is 0 Å². The van der Waals surface area contributed by atoms with Crippen molar-refractivity contribution in [3.63, 3.8) is 0 Å². The number of unbranched alkanes of at least 4 members (excludes halogenated alkanes) is 12. The molecule has 2 N–H and O–H groups in total. The first-order valence-corrected chi connectivity index (χ1v) is 17.8. The van der Waals surface area contributed by atoms with E-state index in [4.69, 9.17) is 14.2 Å². The molecular weight excluding hydrogens is 568 g/mol. The number of allylic oxidation sites excluding steroid dienone is 2. The molecule has 5 atom stereocenters. The predicted octanol–water partition coefficient (Wildman–Crippen LogP) is 8.32. The predicted molar refractivity (Wildman–Crippen MR) is 181 cm³/mol. The number of carbonyl (C=O) groups excluding carboxylic acids is 2. The number of hydrogen-bond donors (Lipinski definition) is 2. The second-order valence-corrected chi connectivity index (χ2v) is 14.3. The van der Waals surface area contributed by atoms with Crippen LogP contribution in [0, 0.1) is 11.8 Å². The van der Waals surface area contributed by atoms with Gasteiger partial charge in [-0.05, 0) is 57.9 Å². The Bertz CT molecular complexity index is 958. The Kier molecular flexibility index (Phi) is 17.7. The Labute approximate surface area is 273 Å². The summed E-state index contributed by atoms with van der Waals surface area (Å²) in [6, 6.07) is 0. The van der Waals surface area contributed by atoms with Crippen molar-refractivity contribution in [3.05, 3.63) is 36.0 Å². The minimum absolute atomic E-state index is 0.0908. The molecule has 7 nitrogen and oxygen atoms in total. The molecule has 0 bridgehead atoms. The van der Waals surface area contributed by atoms with Crippen LogP contribution in [-0.2, 0) is 23.8 Å². The van der Waals surface area contributed by atoms with Gasteiger partial charge in [0.1, 0.15) is 12.7 Å². The van der Waals surface area contributed by atoms with Gasteiger partial charge in [-0.2, -0.15) is 0 Å². The van der Waals surface area contributed by atoms with Gasteiger partial charge < -0.3 is 24.4 Å². The van der Waals surface area contributed by atoms with Crippen LogP contribution < -0.4 is 0 Å². The van der Waals surface area contributed by atoms with Crippen LogP contribution >= 0.6 is 0 Å². The maximum Gasteiger partial charge on any atom is 0.306 e. The molecule has 2 rings (SSSR count). The van der Waals surface area contributed by atoms with Crippen LogP contribution in [0.1, 0.15) is 144 Å². The van der Waals surface area contributed by atoms with Crippen LogP contribution in [-0.4, -0.2) is 58.8 Å². The van der Waals surface area contributed by atoms with E-state index in [1.165, 1.54) is 71.1 Å². The van der Waals surface area contributed by atoms with Gasteiger partial charge in [-0.1, -0.05) is 114 Å². The van der Waals surface area contributed by atoms with Crippen molar-refractivity contribution in [2.45, 2.75) is 167 Å². The van der Waals surface area contributed by atoms with Gasteiger partial charge in [-0.25, -0.2) is 0 Å². The van der Waals surface area contributed by atoms with Gasteiger partial charge >= 0.3 is 11.9 Å². The quantitative estimate of drug-likeness (QED) is 0.0431. The highest BCUT2D eigenvalue weighted by atomic mass is 16.6.